The zero-order chi connectivity index (χ0) is 17.6. The lowest BCUT2D eigenvalue weighted by molar-refractivity contribution is 0.0929. The van der Waals surface area contributed by atoms with Crippen molar-refractivity contribution < 1.29 is 9.53 Å². The first-order valence-electron chi connectivity index (χ1n) is 7.19. The Morgan fingerprint density at radius 1 is 1.08 bits per heavy atom. The molecule has 4 nitrogen and oxygen atoms in total. The SMILES string of the molecule is COc1ccc(C(=O)N[C@@H](NCc2ccccc2)C(Cl)(Cl)Cl)cc1. The highest BCUT2D eigenvalue weighted by Crippen LogP contribution is 2.29. The van der Waals surface area contributed by atoms with Crippen LogP contribution in [0.5, 0.6) is 5.75 Å². The van der Waals surface area contributed by atoms with Gasteiger partial charge in [0, 0.05) is 12.1 Å². The molecule has 0 unspecified atom stereocenters. The summed E-state index contributed by atoms with van der Waals surface area (Å²) >= 11 is 17.9. The Morgan fingerprint density at radius 3 is 2.25 bits per heavy atom. The molecule has 24 heavy (non-hydrogen) atoms. The number of rotatable bonds is 6. The van der Waals surface area contributed by atoms with Gasteiger partial charge in [0.25, 0.3) is 5.91 Å². The maximum absolute atomic E-state index is 12.3. The van der Waals surface area contributed by atoms with E-state index in [0.29, 0.717) is 17.9 Å². The van der Waals surface area contributed by atoms with Crippen molar-refractivity contribution in [2.24, 2.45) is 0 Å². The quantitative estimate of drug-likeness (QED) is 0.583. The van der Waals surface area contributed by atoms with Gasteiger partial charge in [-0.3, -0.25) is 10.1 Å². The van der Waals surface area contributed by atoms with Gasteiger partial charge in [-0.05, 0) is 29.8 Å². The number of carbonyl (C=O) groups excluding carboxylic acids is 1. The van der Waals surface area contributed by atoms with Gasteiger partial charge in [0.05, 0.1) is 7.11 Å². The maximum Gasteiger partial charge on any atom is 0.252 e. The van der Waals surface area contributed by atoms with E-state index in [-0.39, 0.29) is 5.91 Å². The van der Waals surface area contributed by atoms with E-state index in [9.17, 15) is 4.79 Å². The Hall–Kier alpha value is -1.46. The number of alkyl halides is 3. The van der Waals surface area contributed by atoms with Gasteiger partial charge in [0.2, 0.25) is 3.79 Å². The van der Waals surface area contributed by atoms with Crippen molar-refractivity contribution in [2.45, 2.75) is 16.5 Å². The number of carbonyl (C=O) groups is 1. The van der Waals surface area contributed by atoms with Crippen LogP contribution in [0, 0.1) is 0 Å². The van der Waals surface area contributed by atoms with Gasteiger partial charge >= 0.3 is 0 Å². The fourth-order valence-corrected chi connectivity index (χ4v) is 2.42. The van der Waals surface area contributed by atoms with E-state index in [2.05, 4.69) is 10.6 Å². The average Bonchev–Trinajstić information content (AvgIpc) is 2.58. The van der Waals surface area contributed by atoms with Crippen LogP contribution in [-0.2, 0) is 6.54 Å². The smallest absolute Gasteiger partial charge is 0.252 e. The van der Waals surface area contributed by atoms with Gasteiger partial charge in [-0.1, -0.05) is 65.1 Å². The van der Waals surface area contributed by atoms with Crippen LogP contribution >= 0.6 is 34.8 Å². The van der Waals surface area contributed by atoms with E-state index in [4.69, 9.17) is 39.5 Å². The van der Waals surface area contributed by atoms with E-state index in [1.807, 2.05) is 30.3 Å². The number of methoxy groups -OCH3 is 1. The summed E-state index contributed by atoms with van der Waals surface area (Å²) in [6.07, 6.45) is -0.850. The van der Waals surface area contributed by atoms with Crippen molar-refractivity contribution in [3.8, 4) is 5.75 Å². The molecule has 0 aliphatic carbocycles. The average molecular weight is 388 g/mol. The fraction of sp³-hybridized carbons (Fsp3) is 0.235. The van der Waals surface area contributed by atoms with E-state index in [1.165, 1.54) is 0 Å². The summed E-state index contributed by atoms with van der Waals surface area (Å²) in [6, 6.07) is 16.3. The first kappa shape index (κ1) is 18.9. The number of nitrogens with one attached hydrogen (secondary N) is 2. The Labute approximate surface area is 156 Å². The topological polar surface area (TPSA) is 50.4 Å². The minimum Gasteiger partial charge on any atom is -0.497 e. The number of benzene rings is 2. The van der Waals surface area contributed by atoms with Gasteiger partial charge in [-0.15, -0.1) is 0 Å². The van der Waals surface area contributed by atoms with Crippen LogP contribution in [-0.4, -0.2) is 23.0 Å². The van der Waals surface area contributed by atoms with E-state index < -0.39 is 9.96 Å². The summed E-state index contributed by atoms with van der Waals surface area (Å²) < 4.78 is 3.37. The molecule has 0 spiro atoms. The minimum absolute atomic E-state index is 0.352. The number of halogens is 3. The Balaban J connectivity index is 2.03. The Morgan fingerprint density at radius 2 is 1.71 bits per heavy atom. The minimum atomic E-state index is -1.70. The van der Waals surface area contributed by atoms with Crippen LogP contribution in [0.15, 0.2) is 54.6 Å². The Bertz CT molecular complexity index is 658. The number of amides is 1. The normalized spacial score (nSPS) is 12.5. The van der Waals surface area contributed by atoms with Crippen LogP contribution < -0.4 is 15.4 Å². The molecule has 128 valence electrons. The van der Waals surface area contributed by atoms with Gasteiger partial charge < -0.3 is 10.1 Å². The summed E-state index contributed by atoms with van der Waals surface area (Å²) in [7, 11) is 1.56. The van der Waals surface area contributed by atoms with Crippen molar-refractivity contribution in [1.29, 1.82) is 0 Å². The molecule has 0 aromatic heterocycles. The molecule has 0 bridgehead atoms. The second kappa shape index (κ2) is 8.58. The Kier molecular flexibility index (Phi) is 6.75. The second-order valence-corrected chi connectivity index (χ2v) is 7.41. The molecular formula is C17H17Cl3N2O2. The zero-order valence-electron chi connectivity index (χ0n) is 12.9. The van der Waals surface area contributed by atoms with Crippen LogP contribution in [0.1, 0.15) is 15.9 Å². The first-order valence-corrected chi connectivity index (χ1v) is 8.32. The fourth-order valence-electron chi connectivity index (χ4n) is 2.02. The number of hydrogen-bond donors (Lipinski definition) is 2. The first-order chi connectivity index (χ1) is 11.4. The monoisotopic (exact) mass is 386 g/mol. The summed E-state index contributed by atoms with van der Waals surface area (Å²) in [5.74, 6) is 0.307. The lowest BCUT2D eigenvalue weighted by atomic mass is 10.2. The van der Waals surface area contributed by atoms with Gasteiger partial charge in [0.1, 0.15) is 11.9 Å². The molecule has 2 rings (SSSR count). The highest BCUT2D eigenvalue weighted by atomic mass is 35.6. The third kappa shape index (κ3) is 5.56. The number of hydrogen-bond acceptors (Lipinski definition) is 3. The summed E-state index contributed by atoms with van der Waals surface area (Å²) in [5.41, 5.74) is 1.45. The molecule has 1 atom stereocenters. The van der Waals surface area contributed by atoms with Gasteiger partial charge in [-0.2, -0.15) is 0 Å². The molecule has 0 aliphatic rings. The maximum atomic E-state index is 12.3. The molecule has 2 aromatic carbocycles. The van der Waals surface area contributed by atoms with Gasteiger partial charge in [0.15, 0.2) is 0 Å². The molecule has 0 radical (unpaired) electrons. The van der Waals surface area contributed by atoms with E-state index in [0.717, 1.165) is 5.56 Å². The van der Waals surface area contributed by atoms with Crippen molar-refractivity contribution in [3.05, 3.63) is 65.7 Å². The molecule has 0 aliphatic heterocycles. The molecular weight excluding hydrogens is 371 g/mol. The molecule has 0 heterocycles. The molecule has 0 fully saturated rings. The highest BCUT2D eigenvalue weighted by Gasteiger charge is 2.33. The van der Waals surface area contributed by atoms with Crippen LogP contribution in [0.2, 0.25) is 0 Å². The van der Waals surface area contributed by atoms with Crippen molar-refractivity contribution in [3.63, 3.8) is 0 Å². The predicted molar refractivity (Wildman–Crippen MR) is 97.8 cm³/mol. The standard InChI is InChI=1S/C17H17Cl3N2O2/c1-24-14-9-7-13(8-10-14)15(23)22-16(17(18,19)20)21-11-12-5-3-2-4-6-12/h2-10,16,21H,11H2,1H3,(H,22,23)/t16-/m1/s1. The highest BCUT2D eigenvalue weighted by molar-refractivity contribution is 6.68. The van der Waals surface area contributed by atoms with Crippen LogP contribution in [0.3, 0.4) is 0 Å². The van der Waals surface area contributed by atoms with E-state index >= 15 is 0 Å². The van der Waals surface area contributed by atoms with Crippen molar-refractivity contribution in [2.75, 3.05) is 7.11 Å². The van der Waals surface area contributed by atoms with Crippen LogP contribution in [0.25, 0.3) is 0 Å². The third-order valence-electron chi connectivity index (χ3n) is 3.31. The summed E-state index contributed by atoms with van der Waals surface area (Å²) in [4.78, 5) is 12.3. The second-order valence-electron chi connectivity index (χ2n) is 5.04. The lowest BCUT2D eigenvalue weighted by Gasteiger charge is -2.26. The van der Waals surface area contributed by atoms with Crippen molar-refractivity contribution >= 4 is 40.7 Å². The largest absolute Gasteiger partial charge is 0.497 e. The molecule has 0 saturated heterocycles. The molecule has 0 saturated carbocycles. The summed E-state index contributed by atoms with van der Waals surface area (Å²) in [5, 5.41) is 5.74. The molecule has 2 N–H and O–H groups in total. The van der Waals surface area contributed by atoms with Gasteiger partial charge in [-0.25, -0.2) is 0 Å². The number of ether oxygens (including phenoxy) is 1. The molecule has 2 aromatic rings. The third-order valence-corrected chi connectivity index (χ3v) is 3.96. The predicted octanol–water partition coefficient (Wildman–Crippen LogP) is 3.91. The summed E-state index contributed by atoms with van der Waals surface area (Å²) in [6.45, 7) is 0.447. The van der Waals surface area contributed by atoms with E-state index in [1.54, 1.807) is 31.4 Å². The van der Waals surface area contributed by atoms with Crippen molar-refractivity contribution in [1.82, 2.24) is 10.6 Å². The molecule has 7 heteroatoms. The lowest BCUT2D eigenvalue weighted by Crippen LogP contribution is -2.53. The molecule has 1 amide bonds. The zero-order valence-corrected chi connectivity index (χ0v) is 15.2. The van der Waals surface area contributed by atoms with Crippen LogP contribution in [0.4, 0.5) is 0 Å².